The van der Waals surface area contributed by atoms with Crippen LogP contribution in [-0.4, -0.2) is 66.5 Å². The third-order valence-corrected chi connectivity index (χ3v) is 5.91. The molecule has 2 aliphatic heterocycles. The van der Waals surface area contributed by atoms with Crippen molar-refractivity contribution in [1.29, 1.82) is 0 Å². The minimum absolute atomic E-state index is 0.0369. The second kappa shape index (κ2) is 9.11. The van der Waals surface area contributed by atoms with Gasteiger partial charge in [-0.2, -0.15) is 0 Å². The lowest BCUT2D eigenvalue weighted by Gasteiger charge is -2.41. The fourth-order valence-electron chi connectivity index (χ4n) is 4.22. The molecule has 29 heavy (non-hydrogen) atoms. The summed E-state index contributed by atoms with van der Waals surface area (Å²) in [5, 5.41) is 3.16. The maximum atomic E-state index is 13.5. The highest BCUT2D eigenvalue weighted by Gasteiger charge is 2.44. The fourth-order valence-corrected chi connectivity index (χ4v) is 4.22. The largest absolute Gasteiger partial charge is 0.450 e. The summed E-state index contributed by atoms with van der Waals surface area (Å²) in [6, 6.07) is 9.65. The SMILES string of the molecule is C=CC(=O)N1CCC(C(=O)NC2CCN(C(=O)OCC)C2)(c2ccccc2)CC1. The first-order chi connectivity index (χ1) is 14.0. The van der Waals surface area contributed by atoms with Crippen LogP contribution in [0.4, 0.5) is 4.79 Å². The molecule has 0 aliphatic carbocycles. The van der Waals surface area contributed by atoms with E-state index in [0.29, 0.717) is 52.0 Å². The van der Waals surface area contributed by atoms with E-state index < -0.39 is 5.41 Å². The molecule has 2 aliphatic rings. The van der Waals surface area contributed by atoms with Gasteiger partial charge >= 0.3 is 6.09 Å². The van der Waals surface area contributed by atoms with Crippen LogP contribution in [0.15, 0.2) is 43.0 Å². The standard InChI is InChI=1S/C22H29N3O4/c1-3-19(26)24-14-11-22(12-15-24,17-8-6-5-7-9-17)20(27)23-18-10-13-25(16-18)21(28)29-4-2/h3,5-9,18H,1,4,10-16H2,2H3,(H,23,27). The van der Waals surface area contributed by atoms with Crippen molar-refractivity contribution in [1.82, 2.24) is 15.1 Å². The van der Waals surface area contributed by atoms with Crippen LogP contribution >= 0.6 is 0 Å². The number of carbonyl (C=O) groups is 3. The van der Waals surface area contributed by atoms with Crippen LogP contribution in [0.25, 0.3) is 0 Å². The Morgan fingerprint density at radius 3 is 2.48 bits per heavy atom. The summed E-state index contributed by atoms with van der Waals surface area (Å²) in [4.78, 5) is 40.7. The number of hydrogen-bond donors (Lipinski definition) is 1. The molecule has 7 heteroatoms. The fraction of sp³-hybridized carbons (Fsp3) is 0.500. The molecule has 0 saturated carbocycles. The predicted molar refractivity (Wildman–Crippen MR) is 109 cm³/mol. The highest BCUT2D eigenvalue weighted by Crippen LogP contribution is 2.36. The summed E-state index contributed by atoms with van der Waals surface area (Å²) in [6.45, 7) is 7.71. The molecule has 1 aromatic rings. The average molecular weight is 399 g/mol. The summed E-state index contributed by atoms with van der Waals surface area (Å²) in [7, 11) is 0. The van der Waals surface area contributed by atoms with E-state index in [1.54, 1.807) is 16.7 Å². The third-order valence-electron chi connectivity index (χ3n) is 5.91. The van der Waals surface area contributed by atoms with Crippen LogP contribution in [0.3, 0.4) is 0 Å². The van der Waals surface area contributed by atoms with Gasteiger partial charge in [0.05, 0.1) is 12.0 Å². The molecule has 3 rings (SSSR count). The Bertz CT molecular complexity index is 757. The first-order valence-corrected chi connectivity index (χ1v) is 10.2. The van der Waals surface area contributed by atoms with E-state index in [2.05, 4.69) is 11.9 Å². The van der Waals surface area contributed by atoms with Crippen LogP contribution < -0.4 is 5.32 Å². The third kappa shape index (κ3) is 4.44. The van der Waals surface area contributed by atoms with Crippen molar-refractivity contribution in [2.75, 3.05) is 32.8 Å². The molecular weight excluding hydrogens is 370 g/mol. The number of benzene rings is 1. The van der Waals surface area contributed by atoms with E-state index in [9.17, 15) is 14.4 Å². The minimum atomic E-state index is -0.684. The molecule has 0 spiro atoms. The molecule has 1 unspecified atom stereocenters. The molecule has 2 saturated heterocycles. The number of nitrogens with zero attached hydrogens (tertiary/aromatic N) is 2. The van der Waals surface area contributed by atoms with Crippen molar-refractivity contribution in [3.63, 3.8) is 0 Å². The molecule has 0 aromatic heterocycles. The molecule has 1 N–H and O–H groups in total. The van der Waals surface area contributed by atoms with E-state index in [1.807, 2.05) is 30.3 Å². The van der Waals surface area contributed by atoms with E-state index in [4.69, 9.17) is 4.74 Å². The van der Waals surface area contributed by atoms with Gasteiger partial charge in [0.15, 0.2) is 0 Å². The monoisotopic (exact) mass is 399 g/mol. The number of rotatable bonds is 5. The first kappa shape index (κ1) is 20.9. The van der Waals surface area contributed by atoms with Gasteiger partial charge in [-0.1, -0.05) is 36.9 Å². The van der Waals surface area contributed by atoms with Crippen LogP contribution in [0.2, 0.25) is 0 Å². The van der Waals surface area contributed by atoms with Crippen LogP contribution in [0.1, 0.15) is 31.7 Å². The van der Waals surface area contributed by atoms with Gasteiger partial charge in [0.1, 0.15) is 0 Å². The number of hydrogen-bond acceptors (Lipinski definition) is 4. The Morgan fingerprint density at radius 2 is 1.86 bits per heavy atom. The Morgan fingerprint density at radius 1 is 1.17 bits per heavy atom. The summed E-state index contributed by atoms with van der Waals surface area (Å²) in [6.07, 6.45) is 2.79. The highest BCUT2D eigenvalue weighted by atomic mass is 16.6. The number of likely N-dealkylation sites (tertiary alicyclic amines) is 2. The topological polar surface area (TPSA) is 79.0 Å². The molecule has 7 nitrogen and oxygen atoms in total. The molecular formula is C22H29N3O4. The van der Waals surface area contributed by atoms with Gasteiger partial charge in [-0.25, -0.2) is 4.79 Å². The lowest BCUT2D eigenvalue weighted by Crippen LogP contribution is -2.54. The Kier molecular flexibility index (Phi) is 6.56. The highest BCUT2D eigenvalue weighted by molar-refractivity contribution is 5.90. The van der Waals surface area contributed by atoms with Crippen molar-refractivity contribution >= 4 is 17.9 Å². The normalized spacial score (nSPS) is 20.8. The van der Waals surface area contributed by atoms with E-state index >= 15 is 0 Å². The predicted octanol–water partition coefficient (Wildman–Crippen LogP) is 2.08. The van der Waals surface area contributed by atoms with Gasteiger partial charge < -0.3 is 19.9 Å². The molecule has 3 amide bonds. The maximum Gasteiger partial charge on any atom is 0.409 e. The summed E-state index contributed by atoms with van der Waals surface area (Å²) in [5.41, 5.74) is 0.278. The smallest absolute Gasteiger partial charge is 0.409 e. The number of ether oxygens (including phenoxy) is 1. The minimum Gasteiger partial charge on any atom is -0.450 e. The van der Waals surface area contributed by atoms with Crippen molar-refractivity contribution < 1.29 is 19.1 Å². The first-order valence-electron chi connectivity index (χ1n) is 10.2. The molecule has 2 fully saturated rings. The van der Waals surface area contributed by atoms with Crippen molar-refractivity contribution in [3.8, 4) is 0 Å². The number of amides is 3. The Hall–Kier alpha value is -2.83. The second-order valence-corrected chi connectivity index (χ2v) is 7.58. The van der Waals surface area contributed by atoms with Crippen LogP contribution in [0.5, 0.6) is 0 Å². The van der Waals surface area contributed by atoms with Crippen molar-refractivity contribution in [2.45, 2.75) is 37.6 Å². The Balaban J connectivity index is 1.72. The van der Waals surface area contributed by atoms with Gasteiger partial charge in [0.2, 0.25) is 11.8 Å². The van der Waals surface area contributed by atoms with Crippen LogP contribution in [0, 0.1) is 0 Å². The number of carbonyl (C=O) groups excluding carboxylic acids is 3. The summed E-state index contributed by atoms with van der Waals surface area (Å²) < 4.78 is 5.06. The summed E-state index contributed by atoms with van der Waals surface area (Å²) >= 11 is 0. The van der Waals surface area contributed by atoms with Gasteiger partial charge in [-0.15, -0.1) is 0 Å². The number of nitrogens with one attached hydrogen (secondary N) is 1. The number of piperidine rings is 1. The quantitative estimate of drug-likeness (QED) is 0.769. The zero-order valence-electron chi connectivity index (χ0n) is 16.9. The van der Waals surface area contributed by atoms with Gasteiger partial charge in [0.25, 0.3) is 0 Å². The van der Waals surface area contributed by atoms with Gasteiger partial charge in [-0.05, 0) is 37.8 Å². The van der Waals surface area contributed by atoms with Crippen molar-refractivity contribution in [2.24, 2.45) is 0 Å². The van der Waals surface area contributed by atoms with E-state index in [-0.39, 0.29) is 23.9 Å². The lowest BCUT2D eigenvalue weighted by atomic mass is 9.71. The molecule has 156 valence electrons. The Labute approximate surface area is 171 Å². The van der Waals surface area contributed by atoms with Gasteiger partial charge in [-0.3, -0.25) is 9.59 Å². The molecule has 2 heterocycles. The van der Waals surface area contributed by atoms with E-state index in [1.165, 1.54) is 6.08 Å². The van der Waals surface area contributed by atoms with Gasteiger partial charge in [0, 0.05) is 32.2 Å². The summed E-state index contributed by atoms with van der Waals surface area (Å²) in [5.74, 6) is -0.141. The lowest BCUT2D eigenvalue weighted by molar-refractivity contribution is -0.134. The molecule has 1 atom stereocenters. The molecule has 0 bridgehead atoms. The zero-order chi connectivity index (χ0) is 20.9. The maximum absolute atomic E-state index is 13.5. The van der Waals surface area contributed by atoms with Crippen LogP contribution in [-0.2, 0) is 19.7 Å². The van der Waals surface area contributed by atoms with Crippen molar-refractivity contribution in [3.05, 3.63) is 48.6 Å². The zero-order valence-corrected chi connectivity index (χ0v) is 16.9. The van der Waals surface area contributed by atoms with E-state index in [0.717, 1.165) is 5.56 Å². The molecule has 0 radical (unpaired) electrons. The second-order valence-electron chi connectivity index (χ2n) is 7.58. The molecule has 1 aromatic carbocycles. The average Bonchev–Trinajstić information content (AvgIpc) is 3.22.